The van der Waals surface area contributed by atoms with Crippen molar-refractivity contribution in [3.05, 3.63) is 59.9 Å². The average Bonchev–Trinajstić information content (AvgIpc) is 2.39. The second kappa shape index (κ2) is 6.00. The minimum absolute atomic E-state index is 0.313. The monoisotopic (exact) mass is 259 g/mol. The van der Waals surface area contributed by atoms with Gasteiger partial charge in [0, 0.05) is 11.4 Å². The minimum Gasteiger partial charge on any atom is -0.462 e. The van der Waals surface area contributed by atoms with Crippen molar-refractivity contribution in [1.82, 2.24) is 0 Å². The highest BCUT2D eigenvalue weighted by molar-refractivity contribution is 5.90. The summed E-state index contributed by atoms with van der Waals surface area (Å²) in [7, 11) is 0. The zero-order chi connectivity index (χ0) is 13.7. The molecule has 0 spiro atoms. The molecule has 2 aromatic carbocycles. The lowest BCUT2D eigenvalue weighted by atomic mass is 10.2. The van der Waals surface area contributed by atoms with Gasteiger partial charge in [0.2, 0.25) is 0 Å². The number of carbonyl (C=O) groups is 1. The molecule has 0 aromatic heterocycles. The molecule has 0 atom stereocenters. The van der Waals surface area contributed by atoms with E-state index < -0.39 is 0 Å². The van der Waals surface area contributed by atoms with Crippen LogP contribution in [0.2, 0.25) is 0 Å². The van der Waals surface area contributed by atoms with Crippen molar-refractivity contribution in [2.45, 2.75) is 6.92 Å². The summed E-state index contributed by atoms with van der Waals surface area (Å²) in [5.41, 5.74) is 1.79. The van der Waals surface area contributed by atoms with E-state index in [4.69, 9.17) is 4.74 Å². The van der Waals surface area contributed by atoms with Gasteiger partial charge in [0.15, 0.2) is 0 Å². The van der Waals surface area contributed by atoms with E-state index in [-0.39, 0.29) is 11.8 Å². The molecule has 19 heavy (non-hydrogen) atoms. The number of benzene rings is 2. The second-order valence-electron chi connectivity index (χ2n) is 3.94. The molecule has 1 N–H and O–H groups in total. The zero-order valence-corrected chi connectivity index (χ0v) is 10.5. The van der Waals surface area contributed by atoms with Crippen LogP contribution in [0.1, 0.15) is 17.3 Å². The third-order valence-electron chi connectivity index (χ3n) is 2.49. The van der Waals surface area contributed by atoms with Crippen LogP contribution < -0.4 is 5.32 Å². The molecule has 2 rings (SSSR count). The number of ether oxygens (including phenoxy) is 1. The molecule has 2 aromatic rings. The molecule has 4 heteroatoms. The molecule has 0 saturated heterocycles. The van der Waals surface area contributed by atoms with Crippen molar-refractivity contribution in [2.75, 3.05) is 11.9 Å². The van der Waals surface area contributed by atoms with Crippen LogP contribution in [-0.2, 0) is 4.74 Å². The summed E-state index contributed by atoms with van der Waals surface area (Å²) in [5.74, 6) is -0.683. The summed E-state index contributed by atoms with van der Waals surface area (Å²) >= 11 is 0. The Bertz CT molecular complexity index is 584. The van der Waals surface area contributed by atoms with E-state index in [1.165, 1.54) is 12.1 Å². The number of anilines is 2. The Morgan fingerprint density at radius 3 is 2.53 bits per heavy atom. The van der Waals surface area contributed by atoms with Gasteiger partial charge in [-0.25, -0.2) is 9.18 Å². The third-order valence-corrected chi connectivity index (χ3v) is 2.49. The quantitative estimate of drug-likeness (QED) is 0.850. The number of hydrogen-bond donors (Lipinski definition) is 1. The first kappa shape index (κ1) is 13.1. The molecule has 3 nitrogen and oxygen atoms in total. The van der Waals surface area contributed by atoms with Crippen molar-refractivity contribution < 1.29 is 13.9 Å². The van der Waals surface area contributed by atoms with E-state index in [9.17, 15) is 9.18 Å². The van der Waals surface area contributed by atoms with Crippen LogP contribution in [0.15, 0.2) is 48.5 Å². The fourth-order valence-corrected chi connectivity index (χ4v) is 1.67. The van der Waals surface area contributed by atoms with Crippen LogP contribution >= 0.6 is 0 Å². The largest absolute Gasteiger partial charge is 0.462 e. The molecule has 0 aliphatic rings. The van der Waals surface area contributed by atoms with E-state index in [0.717, 1.165) is 0 Å². The van der Waals surface area contributed by atoms with Gasteiger partial charge in [0.05, 0.1) is 12.2 Å². The highest BCUT2D eigenvalue weighted by Gasteiger charge is 2.06. The standard InChI is InChI=1S/C15H14FNO2/c1-2-19-15(18)11-5-3-7-13(9-11)17-14-8-4-6-12(16)10-14/h3-10,17H,2H2,1H3. The number of halogens is 1. The molecule has 98 valence electrons. The lowest BCUT2D eigenvalue weighted by Gasteiger charge is -2.08. The van der Waals surface area contributed by atoms with Gasteiger partial charge in [0.1, 0.15) is 5.82 Å². The zero-order valence-electron chi connectivity index (χ0n) is 10.5. The van der Waals surface area contributed by atoms with Crippen LogP contribution in [0, 0.1) is 5.82 Å². The first-order valence-electron chi connectivity index (χ1n) is 5.99. The van der Waals surface area contributed by atoms with Gasteiger partial charge in [-0.2, -0.15) is 0 Å². The molecule has 0 bridgehead atoms. The van der Waals surface area contributed by atoms with Gasteiger partial charge in [-0.15, -0.1) is 0 Å². The summed E-state index contributed by atoms with van der Waals surface area (Å²) in [6, 6.07) is 13.0. The van der Waals surface area contributed by atoms with Crippen molar-refractivity contribution in [2.24, 2.45) is 0 Å². The molecule has 0 aliphatic heterocycles. The van der Waals surface area contributed by atoms with E-state index >= 15 is 0 Å². The summed E-state index contributed by atoms with van der Waals surface area (Å²) in [6.45, 7) is 2.09. The number of rotatable bonds is 4. The molecule has 0 amide bonds. The fraction of sp³-hybridized carbons (Fsp3) is 0.133. The normalized spacial score (nSPS) is 10.0. The first-order chi connectivity index (χ1) is 9.19. The fourth-order valence-electron chi connectivity index (χ4n) is 1.67. The van der Waals surface area contributed by atoms with Crippen LogP contribution in [0.3, 0.4) is 0 Å². The van der Waals surface area contributed by atoms with E-state index in [2.05, 4.69) is 5.32 Å². The number of hydrogen-bond acceptors (Lipinski definition) is 3. The average molecular weight is 259 g/mol. The van der Waals surface area contributed by atoms with Crippen molar-refractivity contribution in [3.63, 3.8) is 0 Å². The lowest BCUT2D eigenvalue weighted by molar-refractivity contribution is 0.0526. The van der Waals surface area contributed by atoms with Gasteiger partial charge < -0.3 is 10.1 Å². The number of nitrogens with one attached hydrogen (secondary N) is 1. The van der Waals surface area contributed by atoms with Gasteiger partial charge in [0.25, 0.3) is 0 Å². The molecular weight excluding hydrogens is 245 g/mol. The van der Waals surface area contributed by atoms with E-state index in [0.29, 0.717) is 23.5 Å². The Labute approximate surface area is 111 Å². The molecule has 0 fully saturated rings. The van der Waals surface area contributed by atoms with Crippen LogP contribution in [0.5, 0.6) is 0 Å². The highest BCUT2D eigenvalue weighted by atomic mass is 19.1. The molecule has 0 heterocycles. The first-order valence-corrected chi connectivity index (χ1v) is 5.99. The Hall–Kier alpha value is -2.36. The Morgan fingerprint density at radius 2 is 1.84 bits per heavy atom. The molecule has 0 radical (unpaired) electrons. The van der Waals surface area contributed by atoms with Crippen molar-refractivity contribution in [1.29, 1.82) is 0 Å². The maximum Gasteiger partial charge on any atom is 0.338 e. The molecular formula is C15H14FNO2. The Kier molecular flexibility index (Phi) is 4.13. The van der Waals surface area contributed by atoms with Crippen LogP contribution in [0.4, 0.5) is 15.8 Å². The second-order valence-corrected chi connectivity index (χ2v) is 3.94. The maximum absolute atomic E-state index is 13.1. The van der Waals surface area contributed by atoms with Gasteiger partial charge >= 0.3 is 5.97 Å². The smallest absolute Gasteiger partial charge is 0.338 e. The van der Waals surface area contributed by atoms with E-state index in [1.807, 2.05) is 0 Å². The summed E-state index contributed by atoms with van der Waals surface area (Å²) in [6.07, 6.45) is 0. The Balaban J connectivity index is 2.17. The van der Waals surface area contributed by atoms with Gasteiger partial charge in [-0.1, -0.05) is 12.1 Å². The van der Waals surface area contributed by atoms with Gasteiger partial charge in [-0.05, 0) is 43.3 Å². The summed E-state index contributed by atoms with van der Waals surface area (Å²) < 4.78 is 18.0. The highest BCUT2D eigenvalue weighted by Crippen LogP contribution is 2.18. The SMILES string of the molecule is CCOC(=O)c1cccc(Nc2cccc(F)c2)c1. The van der Waals surface area contributed by atoms with Crippen molar-refractivity contribution >= 4 is 17.3 Å². The summed E-state index contributed by atoms with van der Waals surface area (Å²) in [4.78, 5) is 11.6. The molecule has 0 aliphatic carbocycles. The van der Waals surface area contributed by atoms with Gasteiger partial charge in [-0.3, -0.25) is 0 Å². The van der Waals surface area contributed by atoms with Crippen molar-refractivity contribution in [3.8, 4) is 0 Å². The maximum atomic E-state index is 13.1. The topological polar surface area (TPSA) is 38.3 Å². The Morgan fingerprint density at radius 1 is 1.16 bits per heavy atom. The minimum atomic E-state index is -0.370. The molecule has 0 unspecified atom stereocenters. The molecule has 0 saturated carbocycles. The van der Waals surface area contributed by atoms with Crippen LogP contribution in [-0.4, -0.2) is 12.6 Å². The summed E-state index contributed by atoms with van der Waals surface area (Å²) in [5, 5.41) is 3.03. The lowest BCUT2D eigenvalue weighted by Crippen LogP contribution is -2.04. The third kappa shape index (κ3) is 3.55. The number of carbonyl (C=O) groups excluding carboxylic acids is 1. The van der Waals surface area contributed by atoms with Crippen LogP contribution in [0.25, 0.3) is 0 Å². The predicted octanol–water partition coefficient (Wildman–Crippen LogP) is 3.75. The predicted molar refractivity (Wildman–Crippen MR) is 72.1 cm³/mol. The van der Waals surface area contributed by atoms with E-state index in [1.54, 1.807) is 43.3 Å². The number of esters is 1.